The van der Waals surface area contributed by atoms with Gasteiger partial charge in [0.05, 0.1) is 14.5 Å². The molecule has 3 heteroatoms. The molecule has 0 bridgehead atoms. The van der Waals surface area contributed by atoms with Crippen molar-refractivity contribution in [2.45, 2.75) is 50.0 Å². The fourth-order valence-electron chi connectivity index (χ4n) is 3.15. The van der Waals surface area contributed by atoms with Crippen LogP contribution in [0.2, 0.25) is 5.31 Å². The van der Waals surface area contributed by atoms with E-state index in [9.17, 15) is 0 Å². The summed E-state index contributed by atoms with van der Waals surface area (Å²) in [5.74, 6) is 0. The Morgan fingerprint density at radius 3 is 2.57 bits per heavy atom. The number of likely N-dealkylation sites (N-methyl/N-ethyl adjacent to an activating group) is 2. The van der Waals surface area contributed by atoms with E-state index in [1.165, 1.54) is 19.3 Å². The highest BCUT2D eigenvalue weighted by Gasteiger charge is 2.40. The highest BCUT2D eigenvalue weighted by Crippen LogP contribution is 2.42. The SMILES string of the molecule is [B]C1(C)CCCC2C(C1)N(C)CN2C. The zero-order valence-electron chi connectivity index (χ0n) is 9.66. The van der Waals surface area contributed by atoms with Crippen molar-refractivity contribution in [3.05, 3.63) is 0 Å². The molecule has 0 aromatic rings. The molecule has 1 aliphatic heterocycles. The van der Waals surface area contributed by atoms with Crippen LogP contribution < -0.4 is 0 Å². The minimum Gasteiger partial charge on any atom is -0.289 e. The average Bonchev–Trinajstić information content (AvgIpc) is 2.29. The summed E-state index contributed by atoms with van der Waals surface area (Å²) < 4.78 is 0. The monoisotopic (exact) mass is 192 g/mol. The lowest BCUT2D eigenvalue weighted by Gasteiger charge is -2.30. The van der Waals surface area contributed by atoms with E-state index < -0.39 is 0 Å². The third-order valence-electron chi connectivity index (χ3n) is 3.95. The van der Waals surface area contributed by atoms with Gasteiger partial charge >= 0.3 is 0 Å². The Labute approximate surface area is 89.0 Å². The Bertz CT molecular complexity index is 217. The van der Waals surface area contributed by atoms with Crippen molar-refractivity contribution in [1.29, 1.82) is 0 Å². The first kappa shape index (κ1) is 10.5. The van der Waals surface area contributed by atoms with Crippen molar-refractivity contribution in [1.82, 2.24) is 9.80 Å². The molecule has 0 N–H and O–H groups in total. The number of rotatable bonds is 0. The summed E-state index contributed by atoms with van der Waals surface area (Å²) in [6.45, 7) is 3.31. The van der Waals surface area contributed by atoms with Crippen LogP contribution in [-0.4, -0.2) is 50.5 Å². The Kier molecular flexibility index (Phi) is 2.65. The van der Waals surface area contributed by atoms with E-state index >= 15 is 0 Å². The van der Waals surface area contributed by atoms with Gasteiger partial charge in [-0.15, -0.1) is 0 Å². The van der Waals surface area contributed by atoms with Crippen LogP contribution in [0.5, 0.6) is 0 Å². The van der Waals surface area contributed by atoms with Gasteiger partial charge < -0.3 is 0 Å². The quantitative estimate of drug-likeness (QED) is 0.536. The van der Waals surface area contributed by atoms with E-state index in [4.69, 9.17) is 7.85 Å². The number of hydrogen-bond donors (Lipinski definition) is 0. The van der Waals surface area contributed by atoms with Gasteiger partial charge in [-0.2, -0.15) is 0 Å². The van der Waals surface area contributed by atoms with E-state index in [1.54, 1.807) is 0 Å². The number of nitrogens with zero attached hydrogens (tertiary/aromatic N) is 2. The molecule has 1 aliphatic carbocycles. The zero-order chi connectivity index (χ0) is 10.3. The van der Waals surface area contributed by atoms with Gasteiger partial charge in [0.25, 0.3) is 0 Å². The van der Waals surface area contributed by atoms with Crippen molar-refractivity contribution >= 4 is 7.85 Å². The maximum absolute atomic E-state index is 6.30. The molecule has 3 atom stereocenters. The fourth-order valence-corrected chi connectivity index (χ4v) is 3.15. The van der Waals surface area contributed by atoms with E-state index in [1.807, 2.05) is 0 Å². The molecule has 0 aromatic carbocycles. The molecule has 78 valence electrons. The third-order valence-corrected chi connectivity index (χ3v) is 3.95. The minimum atomic E-state index is 0.0544. The average molecular weight is 192 g/mol. The highest BCUT2D eigenvalue weighted by atomic mass is 15.4. The summed E-state index contributed by atoms with van der Waals surface area (Å²) in [5, 5.41) is 0.0544. The molecule has 2 radical (unpaired) electrons. The first-order valence-corrected chi connectivity index (χ1v) is 5.69. The molecular formula is C11H21BN2. The first-order valence-electron chi connectivity index (χ1n) is 5.69. The van der Waals surface area contributed by atoms with E-state index in [2.05, 4.69) is 30.8 Å². The maximum Gasteiger partial charge on any atom is 0.0743 e. The number of hydrogen-bond acceptors (Lipinski definition) is 2. The second-order valence-electron chi connectivity index (χ2n) is 5.54. The summed E-state index contributed by atoms with van der Waals surface area (Å²) >= 11 is 0. The lowest BCUT2D eigenvalue weighted by molar-refractivity contribution is 0.262. The molecule has 2 nitrogen and oxygen atoms in total. The lowest BCUT2D eigenvalue weighted by atomic mass is 9.65. The topological polar surface area (TPSA) is 6.48 Å². The second kappa shape index (κ2) is 3.53. The molecule has 1 saturated heterocycles. The molecule has 3 unspecified atom stereocenters. The molecule has 1 saturated carbocycles. The minimum absolute atomic E-state index is 0.0544. The summed E-state index contributed by atoms with van der Waals surface area (Å²) in [4.78, 5) is 4.94. The van der Waals surface area contributed by atoms with Crippen LogP contribution in [0.1, 0.15) is 32.6 Å². The van der Waals surface area contributed by atoms with Gasteiger partial charge in [-0.1, -0.05) is 25.1 Å². The smallest absolute Gasteiger partial charge is 0.0743 e. The Balaban J connectivity index is 2.14. The van der Waals surface area contributed by atoms with Gasteiger partial charge in [-0.3, -0.25) is 9.80 Å². The number of fused-ring (bicyclic) bond motifs is 1. The second-order valence-corrected chi connectivity index (χ2v) is 5.54. The summed E-state index contributed by atoms with van der Waals surface area (Å²) in [7, 11) is 10.8. The lowest BCUT2D eigenvalue weighted by Crippen LogP contribution is -2.35. The third kappa shape index (κ3) is 1.85. The standard InChI is InChI=1S/C11H21BN2/c1-11(12)6-4-5-9-10(7-11)14(3)8-13(9)2/h9-10H,4-8H2,1-3H3. The normalized spacial score (nSPS) is 46.2. The summed E-state index contributed by atoms with van der Waals surface area (Å²) in [6, 6.07) is 1.42. The van der Waals surface area contributed by atoms with Crippen molar-refractivity contribution in [3.63, 3.8) is 0 Å². The van der Waals surface area contributed by atoms with Crippen LogP contribution in [0.25, 0.3) is 0 Å². The van der Waals surface area contributed by atoms with Gasteiger partial charge in [0.1, 0.15) is 0 Å². The molecule has 2 rings (SSSR count). The van der Waals surface area contributed by atoms with Gasteiger partial charge in [0.15, 0.2) is 0 Å². The fraction of sp³-hybridized carbons (Fsp3) is 1.00. The molecule has 0 amide bonds. The molecule has 0 aromatic heterocycles. The van der Waals surface area contributed by atoms with Gasteiger partial charge in [0.2, 0.25) is 0 Å². The van der Waals surface area contributed by atoms with Crippen LogP contribution in [0.15, 0.2) is 0 Å². The first-order chi connectivity index (χ1) is 6.49. The van der Waals surface area contributed by atoms with Crippen LogP contribution in [0.3, 0.4) is 0 Å². The highest BCUT2D eigenvalue weighted by molar-refractivity contribution is 6.14. The van der Waals surface area contributed by atoms with Gasteiger partial charge in [0, 0.05) is 12.1 Å². The van der Waals surface area contributed by atoms with Crippen molar-refractivity contribution in [3.8, 4) is 0 Å². The van der Waals surface area contributed by atoms with Crippen LogP contribution >= 0.6 is 0 Å². The molecule has 1 heterocycles. The van der Waals surface area contributed by atoms with Crippen LogP contribution in [-0.2, 0) is 0 Å². The zero-order valence-corrected chi connectivity index (χ0v) is 9.66. The molecule has 0 spiro atoms. The Morgan fingerprint density at radius 2 is 1.86 bits per heavy atom. The van der Waals surface area contributed by atoms with Crippen LogP contribution in [0.4, 0.5) is 0 Å². The summed E-state index contributed by atoms with van der Waals surface area (Å²) in [6.07, 6.45) is 4.94. The van der Waals surface area contributed by atoms with E-state index in [0.717, 1.165) is 19.1 Å². The molecular weight excluding hydrogens is 171 g/mol. The maximum atomic E-state index is 6.30. The predicted molar refractivity (Wildman–Crippen MR) is 60.6 cm³/mol. The predicted octanol–water partition coefficient (Wildman–Crippen LogP) is 1.48. The molecule has 14 heavy (non-hydrogen) atoms. The Morgan fingerprint density at radius 1 is 1.21 bits per heavy atom. The van der Waals surface area contributed by atoms with E-state index in [0.29, 0.717) is 6.04 Å². The Hall–Kier alpha value is -0.0151. The van der Waals surface area contributed by atoms with Crippen molar-refractivity contribution in [2.75, 3.05) is 20.8 Å². The van der Waals surface area contributed by atoms with Gasteiger partial charge in [-0.25, -0.2) is 0 Å². The molecule has 2 aliphatic rings. The molecule has 2 fully saturated rings. The van der Waals surface area contributed by atoms with Crippen molar-refractivity contribution < 1.29 is 0 Å². The van der Waals surface area contributed by atoms with Crippen molar-refractivity contribution in [2.24, 2.45) is 0 Å². The summed E-state index contributed by atoms with van der Waals surface area (Å²) in [5.41, 5.74) is 0. The van der Waals surface area contributed by atoms with Gasteiger partial charge in [-0.05, 0) is 26.9 Å². The largest absolute Gasteiger partial charge is 0.289 e. The van der Waals surface area contributed by atoms with E-state index in [-0.39, 0.29) is 5.31 Å². The van der Waals surface area contributed by atoms with Crippen LogP contribution in [0, 0.1) is 0 Å².